The van der Waals surface area contributed by atoms with E-state index in [0.29, 0.717) is 25.0 Å². The molecular formula is C20H32O5. The van der Waals surface area contributed by atoms with Crippen molar-refractivity contribution in [3.05, 3.63) is 36.5 Å². The molecule has 0 aromatic carbocycles. The quantitative estimate of drug-likeness (QED) is 0.309. The second-order valence-electron chi connectivity index (χ2n) is 6.08. The molecule has 0 aromatic rings. The molecule has 0 saturated heterocycles. The summed E-state index contributed by atoms with van der Waals surface area (Å²) >= 11 is 0. The smallest absolute Gasteiger partial charge is 0.303 e. The highest BCUT2D eigenvalue weighted by Gasteiger charge is 2.12. The van der Waals surface area contributed by atoms with Gasteiger partial charge in [0.05, 0.1) is 12.2 Å². The maximum Gasteiger partial charge on any atom is 0.303 e. The number of aliphatic hydroxyl groups excluding tert-OH is 2. The zero-order chi connectivity index (χ0) is 18.9. The normalized spacial score (nSPS) is 14.5. The molecule has 0 saturated carbocycles. The number of rotatable bonds is 15. The Labute approximate surface area is 150 Å². The number of aliphatic hydroxyl groups is 2. The summed E-state index contributed by atoms with van der Waals surface area (Å²) in [5.41, 5.74) is 0. The third-order valence-electron chi connectivity index (χ3n) is 3.71. The third kappa shape index (κ3) is 15.5. The van der Waals surface area contributed by atoms with Crippen LogP contribution in [-0.4, -0.2) is 39.3 Å². The van der Waals surface area contributed by atoms with E-state index in [2.05, 4.69) is 6.92 Å². The highest BCUT2D eigenvalue weighted by Crippen LogP contribution is 2.07. The number of hydrogen-bond acceptors (Lipinski definition) is 4. The summed E-state index contributed by atoms with van der Waals surface area (Å²) in [5.74, 6) is -0.600. The van der Waals surface area contributed by atoms with E-state index in [0.717, 1.165) is 25.7 Å². The molecule has 0 aliphatic heterocycles. The molecule has 0 heterocycles. The summed E-state index contributed by atoms with van der Waals surface area (Å²) in [7, 11) is 0. The van der Waals surface area contributed by atoms with Crippen molar-refractivity contribution < 1.29 is 24.9 Å². The predicted octanol–water partition coefficient (Wildman–Crippen LogP) is 3.56. The molecule has 25 heavy (non-hydrogen) atoms. The van der Waals surface area contributed by atoms with E-state index in [-0.39, 0.29) is 12.8 Å². The summed E-state index contributed by atoms with van der Waals surface area (Å²) in [5, 5.41) is 27.9. The lowest BCUT2D eigenvalue weighted by molar-refractivity contribution is -0.137. The lowest BCUT2D eigenvalue weighted by atomic mass is 10.1. The Morgan fingerprint density at radius 1 is 0.920 bits per heavy atom. The molecule has 0 unspecified atom stereocenters. The molecular weight excluding hydrogens is 320 g/mol. The topological polar surface area (TPSA) is 94.8 Å². The number of carboxylic acid groups (broad SMARTS) is 1. The van der Waals surface area contributed by atoms with Gasteiger partial charge in [-0.25, -0.2) is 0 Å². The van der Waals surface area contributed by atoms with Crippen LogP contribution in [0.4, 0.5) is 0 Å². The number of aliphatic carboxylic acids is 1. The van der Waals surface area contributed by atoms with Crippen LogP contribution in [0.5, 0.6) is 0 Å². The molecule has 0 amide bonds. The van der Waals surface area contributed by atoms with Crippen molar-refractivity contribution in [3.63, 3.8) is 0 Å². The highest BCUT2D eigenvalue weighted by atomic mass is 16.4. The van der Waals surface area contributed by atoms with Crippen molar-refractivity contribution in [2.24, 2.45) is 0 Å². The van der Waals surface area contributed by atoms with Crippen LogP contribution in [0.25, 0.3) is 0 Å². The Bertz CT molecular complexity index is 451. The van der Waals surface area contributed by atoms with Gasteiger partial charge in [0.15, 0.2) is 0 Å². The first-order valence-corrected chi connectivity index (χ1v) is 9.07. The fourth-order valence-corrected chi connectivity index (χ4v) is 2.18. The molecule has 0 aliphatic carbocycles. The van der Waals surface area contributed by atoms with Gasteiger partial charge in [0.25, 0.3) is 0 Å². The molecule has 0 aliphatic rings. The zero-order valence-electron chi connectivity index (χ0n) is 15.1. The minimum Gasteiger partial charge on any atom is -0.481 e. The number of carbonyl (C=O) groups excluding carboxylic acids is 1. The molecule has 0 bridgehead atoms. The Morgan fingerprint density at radius 3 is 2.32 bits per heavy atom. The van der Waals surface area contributed by atoms with Crippen LogP contribution < -0.4 is 0 Å². The van der Waals surface area contributed by atoms with Gasteiger partial charge >= 0.3 is 5.97 Å². The van der Waals surface area contributed by atoms with Gasteiger partial charge in [-0.1, -0.05) is 56.2 Å². The highest BCUT2D eigenvalue weighted by molar-refractivity contribution is 5.78. The van der Waals surface area contributed by atoms with Crippen molar-refractivity contribution in [2.75, 3.05) is 0 Å². The standard InChI is InChI=1S/C20H32O5/c1-2-3-8-12-17(21)13-9-6-4-5-7-10-14-18(22)19(23)15-11-16-20(24)25/h4-7,10,14,18-19,22-23H,2-3,8-9,11-13,15-16H2,1H3,(H,24,25)/b6-4-,7-5+,14-10+/t18-,19-/m1/s1. The van der Waals surface area contributed by atoms with Gasteiger partial charge in [-0.15, -0.1) is 0 Å². The molecule has 2 atom stereocenters. The van der Waals surface area contributed by atoms with E-state index in [1.54, 1.807) is 18.2 Å². The van der Waals surface area contributed by atoms with E-state index in [1.807, 2.05) is 12.2 Å². The number of Topliss-reactive ketones (excluding diaryl/α,β-unsaturated/α-hetero) is 1. The average molecular weight is 352 g/mol. The molecule has 0 spiro atoms. The number of carboxylic acids is 1. The number of ketones is 1. The van der Waals surface area contributed by atoms with Crippen molar-refractivity contribution in [2.45, 2.75) is 76.9 Å². The van der Waals surface area contributed by atoms with E-state index >= 15 is 0 Å². The SMILES string of the molecule is CCCCCC(=O)CC\C=C/C=C/C=C/[C@@H](O)[C@H](O)CCCC(=O)O. The number of carbonyl (C=O) groups is 2. The lowest BCUT2D eigenvalue weighted by Gasteiger charge is -2.13. The van der Waals surface area contributed by atoms with Crippen LogP contribution in [0, 0.1) is 0 Å². The first-order valence-electron chi connectivity index (χ1n) is 9.07. The fraction of sp³-hybridized carbons (Fsp3) is 0.600. The number of unbranched alkanes of at least 4 members (excludes halogenated alkanes) is 2. The molecule has 0 rings (SSSR count). The summed E-state index contributed by atoms with van der Waals surface area (Å²) in [4.78, 5) is 21.9. The van der Waals surface area contributed by atoms with Gasteiger partial charge in [-0.2, -0.15) is 0 Å². The minimum absolute atomic E-state index is 0.0146. The van der Waals surface area contributed by atoms with Gasteiger partial charge in [0, 0.05) is 19.3 Å². The Balaban J connectivity index is 3.85. The molecule has 0 aromatic heterocycles. The van der Waals surface area contributed by atoms with Gasteiger partial charge < -0.3 is 15.3 Å². The summed E-state index contributed by atoms with van der Waals surface area (Å²) in [6.07, 6.45) is 14.2. The number of hydrogen-bond donors (Lipinski definition) is 3. The number of allylic oxidation sites excluding steroid dienone is 5. The van der Waals surface area contributed by atoms with Gasteiger partial charge in [0.1, 0.15) is 5.78 Å². The zero-order valence-corrected chi connectivity index (χ0v) is 15.1. The maximum atomic E-state index is 11.6. The first kappa shape index (κ1) is 23.3. The van der Waals surface area contributed by atoms with Crippen LogP contribution in [0.3, 0.4) is 0 Å². The lowest BCUT2D eigenvalue weighted by Crippen LogP contribution is -2.23. The largest absolute Gasteiger partial charge is 0.481 e. The summed E-state index contributed by atoms with van der Waals surface area (Å²) in [6.45, 7) is 2.12. The Hall–Kier alpha value is -1.72. The van der Waals surface area contributed by atoms with Crippen LogP contribution >= 0.6 is 0 Å². The second-order valence-corrected chi connectivity index (χ2v) is 6.08. The van der Waals surface area contributed by atoms with Gasteiger partial charge in [-0.05, 0) is 25.7 Å². The maximum absolute atomic E-state index is 11.6. The van der Waals surface area contributed by atoms with E-state index in [9.17, 15) is 19.8 Å². The summed E-state index contributed by atoms with van der Waals surface area (Å²) < 4.78 is 0. The van der Waals surface area contributed by atoms with Crippen molar-refractivity contribution in [3.8, 4) is 0 Å². The van der Waals surface area contributed by atoms with E-state index in [4.69, 9.17) is 5.11 Å². The third-order valence-corrected chi connectivity index (χ3v) is 3.71. The monoisotopic (exact) mass is 352 g/mol. The first-order chi connectivity index (χ1) is 12.0. The Kier molecular flexibility index (Phi) is 14.7. The molecule has 5 heteroatoms. The van der Waals surface area contributed by atoms with E-state index in [1.165, 1.54) is 6.08 Å². The fourth-order valence-electron chi connectivity index (χ4n) is 2.18. The van der Waals surface area contributed by atoms with Crippen LogP contribution in [0.1, 0.15) is 64.7 Å². The minimum atomic E-state index is -1.01. The van der Waals surface area contributed by atoms with Crippen LogP contribution in [0.15, 0.2) is 36.5 Å². The van der Waals surface area contributed by atoms with Crippen molar-refractivity contribution >= 4 is 11.8 Å². The molecule has 5 nitrogen and oxygen atoms in total. The average Bonchev–Trinajstić information content (AvgIpc) is 2.56. The van der Waals surface area contributed by atoms with Crippen LogP contribution in [-0.2, 0) is 9.59 Å². The van der Waals surface area contributed by atoms with Crippen molar-refractivity contribution in [1.82, 2.24) is 0 Å². The molecule has 0 fully saturated rings. The second kappa shape index (κ2) is 15.8. The van der Waals surface area contributed by atoms with E-state index < -0.39 is 18.2 Å². The molecule has 0 radical (unpaired) electrons. The molecule has 142 valence electrons. The van der Waals surface area contributed by atoms with Gasteiger partial charge in [-0.3, -0.25) is 9.59 Å². The summed E-state index contributed by atoms with van der Waals surface area (Å²) in [6, 6.07) is 0. The van der Waals surface area contributed by atoms with Crippen molar-refractivity contribution in [1.29, 1.82) is 0 Å². The Morgan fingerprint density at radius 2 is 1.64 bits per heavy atom. The van der Waals surface area contributed by atoms with Crippen LogP contribution in [0.2, 0.25) is 0 Å². The predicted molar refractivity (Wildman–Crippen MR) is 99.3 cm³/mol. The van der Waals surface area contributed by atoms with Gasteiger partial charge in [0.2, 0.25) is 0 Å². The molecule has 3 N–H and O–H groups in total.